The number of nitrogens with one attached hydrogen (secondary N) is 3. The Bertz CT molecular complexity index is 747. The Hall–Kier alpha value is -2.38. The van der Waals surface area contributed by atoms with Gasteiger partial charge < -0.3 is 19.9 Å². The molecule has 1 aliphatic rings. The molecule has 1 aliphatic carbocycles. The van der Waals surface area contributed by atoms with Crippen LogP contribution in [0.25, 0.3) is 0 Å². The molecule has 0 saturated heterocycles. The highest BCUT2D eigenvalue weighted by Gasteiger charge is 2.11. The Morgan fingerprint density at radius 3 is 2.26 bits per heavy atom. The second-order valence-electron chi connectivity index (χ2n) is 5.33. The van der Waals surface area contributed by atoms with Crippen molar-refractivity contribution in [3.05, 3.63) is 53.6 Å². The van der Waals surface area contributed by atoms with E-state index in [1.54, 1.807) is 24.3 Å². The number of fused-ring (bicyclic) bond motifs is 1. The fraction of sp³-hybridized carbons (Fsp3) is 0.188. The molecule has 1 atom stereocenters. The van der Waals surface area contributed by atoms with Gasteiger partial charge in [-0.05, 0) is 66.8 Å². The summed E-state index contributed by atoms with van der Waals surface area (Å²) in [7, 11) is 0. The summed E-state index contributed by atoms with van der Waals surface area (Å²) in [5.74, 6) is 0. The Labute approximate surface area is 136 Å². The average molecular weight is 330 g/mol. The summed E-state index contributed by atoms with van der Waals surface area (Å²) < 4.78 is 23.3. The molecule has 0 bridgehead atoms. The lowest BCUT2D eigenvalue weighted by Gasteiger charge is -2.11. The molecule has 0 saturated carbocycles. The predicted molar refractivity (Wildman–Crippen MR) is 90.1 cm³/mol. The van der Waals surface area contributed by atoms with Crippen molar-refractivity contribution in [2.45, 2.75) is 19.3 Å². The Kier molecular flexibility index (Phi) is 4.59. The zero-order valence-electron chi connectivity index (χ0n) is 12.3. The monoisotopic (exact) mass is 330 g/mol. The Balaban J connectivity index is 1.59. The summed E-state index contributed by atoms with van der Waals surface area (Å²) in [4.78, 5) is 12.0. The number of benzene rings is 2. The van der Waals surface area contributed by atoms with Gasteiger partial charge in [0.1, 0.15) is 0 Å². The van der Waals surface area contributed by atoms with Crippen LogP contribution < -0.4 is 15.4 Å². The van der Waals surface area contributed by atoms with Crippen LogP contribution in [0, 0.1) is 0 Å². The molecule has 0 aromatic heterocycles. The molecule has 0 spiro atoms. The van der Waals surface area contributed by atoms with Crippen molar-refractivity contribution in [1.82, 2.24) is 0 Å². The Morgan fingerprint density at radius 1 is 0.913 bits per heavy atom. The van der Waals surface area contributed by atoms with Crippen LogP contribution in [0.2, 0.25) is 0 Å². The molecular weight excluding hydrogens is 314 g/mol. The normalized spacial score (nSPS) is 14.0. The lowest BCUT2D eigenvalue weighted by molar-refractivity contribution is 0.262. The number of anilines is 3. The highest BCUT2D eigenvalue weighted by Crippen LogP contribution is 2.25. The van der Waals surface area contributed by atoms with Crippen LogP contribution in [0.15, 0.2) is 42.5 Å². The zero-order valence-corrected chi connectivity index (χ0v) is 13.1. The maximum absolute atomic E-state index is 12.0. The van der Waals surface area contributed by atoms with Crippen molar-refractivity contribution in [3.8, 4) is 0 Å². The second kappa shape index (κ2) is 6.80. The molecule has 3 N–H and O–H groups in total. The van der Waals surface area contributed by atoms with Crippen molar-refractivity contribution in [2.24, 2.45) is 0 Å². The van der Waals surface area contributed by atoms with E-state index in [1.165, 1.54) is 17.5 Å². The van der Waals surface area contributed by atoms with Gasteiger partial charge in [-0.25, -0.2) is 4.79 Å². The molecule has 6 nitrogen and oxygen atoms in total. The van der Waals surface area contributed by atoms with Crippen LogP contribution in [-0.4, -0.2) is 14.8 Å². The number of rotatable bonds is 4. The zero-order chi connectivity index (χ0) is 16.2. The summed E-state index contributed by atoms with van der Waals surface area (Å²) in [6.45, 7) is 0. The van der Waals surface area contributed by atoms with Crippen molar-refractivity contribution in [1.29, 1.82) is 0 Å². The van der Waals surface area contributed by atoms with Gasteiger partial charge in [0.25, 0.3) is 0 Å². The Morgan fingerprint density at radius 2 is 1.52 bits per heavy atom. The molecule has 2 aromatic rings. The lowest BCUT2D eigenvalue weighted by atomic mass is 10.1. The van der Waals surface area contributed by atoms with E-state index < -0.39 is 11.3 Å². The van der Waals surface area contributed by atoms with E-state index in [-0.39, 0.29) is 6.03 Å². The molecular formula is C16H16N3O3S-. The van der Waals surface area contributed by atoms with Crippen molar-refractivity contribution in [3.63, 3.8) is 0 Å². The molecule has 3 rings (SSSR count). The van der Waals surface area contributed by atoms with Crippen LogP contribution in [0.5, 0.6) is 0 Å². The van der Waals surface area contributed by atoms with Crippen LogP contribution in [-0.2, 0) is 24.1 Å². The average Bonchev–Trinajstić information content (AvgIpc) is 2.96. The van der Waals surface area contributed by atoms with Gasteiger partial charge in [0.15, 0.2) is 0 Å². The third-order valence-electron chi connectivity index (χ3n) is 3.70. The number of carbonyl (C=O) groups excluding carboxylic acids is 1. The molecule has 7 heteroatoms. The number of urea groups is 1. The van der Waals surface area contributed by atoms with Gasteiger partial charge in [-0.3, -0.25) is 4.21 Å². The van der Waals surface area contributed by atoms with Crippen LogP contribution in [0.1, 0.15) is 17.5 Å². The van der Waals surface area contributed by atoms with E-state index in [0.717, 1.165) is 18.5 Å². The van der Waals surface area contributed by atoms with Crippen molar-refractivity contribution in [2.75, 3.05) is 15.4 Å². The molecule has 0 aliphatic heterocycles. The standard InChI is InChI=1S/C16H17N3O3S/c20-16(17-13-6-8-14(9-7-13)19-23(21)22)18-15-5-4-11-2-1-3-12(11)10-15/h4-10,19H,1-3H2,(H,21,22)(H2,17,18,20)/p-1. The highest BCUT2D eigenvalue weighted by atomic mass is 32.2. The topological polar surface area (TPSA) is 93.3 Å². The molecule has 2 amide bonds. The summed E-state index contributed by atoms with van der Waals surface area (Å²) in [6.07, 6.45) is 3.33. The van der Waals surface area contributed by atoms with Gasteiger partial charge in [-0.2, -0.15) is 0 Å². The van der Waals surface area contributed by atoms with Crippen LogP contribution in [0.4, 0.5) is 21.9 Å². The third kappa shape index (κ3) is 4.08. The first-order chi connectivity index (χ1) is 11.1. The number of amides is 2. The number of aryl methyl sites for hydroxylation is 2. The smallest absolute Gasteiger partial charge is 0.323 e. The van der Waals surface area contributed by atoms with Crippen molar-refractivity contribution >= 4 is 34.4 Å². The van der Waals surface area contributed by atoms with Gasteiger partial charge in [-0.1, -0.05) is 6.07 Å². The van der Waals surface area contributed by atoms with Crippen LogP contribution in [0.3, 0.4) is 0 Å². The summed E-state index contributed by atoms with van der Waals surface area (Å²) >= 11 is -2.36. The fourth-order valence-corrected chi connectivity index (χ4v) is 2.99. The molecule has 23 heavy (non-hydrogen) atoms. The van der Waals surface area contributed by atoms with Gasteiger partial charge in [0, 0.05) is 28.3 Å². The number of hydrogen-bond donors (Lipinski definition) is 3. The maximum atomic E-state index is 12.0. The fourth-order valence-electron chi connectivity index (χ4n) is 2.66. The molecule has 1 unspecified atom stereocenters. The molecule has 0 fully saturated rings. The van der Waals surface area contributed by atoms with Gasteiger partial charge in [0.05, 0.1) is 0 Å². The highest BCUT2D eigenvalue weighted by molar-refractivity contribution is 7.80. The van der Waals surface area contributed by atoms with E-state index in [4.69, 9.17) is 0 Å². The number of hydrogen-bond acceptors (Lipinski definition) is 3. The second-order valence-corrected chi connectivity index (χ2v) is 6.00. The third-order valence-corrected chi connectivity index (χ3v) is 4.10. The minimum absolute atomic E-state index is 0.337. The van der Waals surface area contributed by atoms with E-state index in [2.05, 4.69) is 21.4 Å². The first kappa shape index (κ1) is 15.5. The molecule has 120 valence electrons. The van der Waals surface area contributed by atoms with Gasteiger partial charge in [0.2, 0.25) is 0 Å². The first-order valence-electron chi connectivity index (χ1n) is 7.26. The van der Waals surface area contributed by atoms with E-state index in [0.29, 0.717) is 11.4 Å². The summed E-state index contributed by atoms with van der Waals surface area (Å²) in [5.41, 5.74) is 4.43. The van der Waals surface area contributed by atoms with Gasteiger partial charge >= 0.3 is 6.03 Å². The first-order valence-corrected chi connectivity index (χ1v) is 8.33. The van der Waals surface area contributed by atoms with E-state index >= 15 is 0 Å². The summed E-state index contributed by atoms with van der Waals surface area (Å²) in [6, 6.07) is 12.0. The van der Waals surface area contributed by atoms with E-state index in [9.17, 15) is 13.6 Å². The van der Waals surface area contributed by atoms with Gasteiger partial charge in [-0.15, -0.1) is 0 Å². The van der Waals surface area contributed by atoms with E-state index in [1.807, 2.05) is 12.1 Å². The minimum Gasteiger partial charge on any atom is -0.755 e. The number of carbonyl (C=O) groups is 1. The summed E-state index contributed by atoms with van der Waals surface area (Å²) in [5, 5.41) is 5.51. The quantitative estimate of drug-likeness (QED) is 0.752. The largest absolute Gasteiger partial charge is 0.755 e. The molecule has 0 heterocycles. The maximum Gasteiger partial charge on any atom is 0.323 e. The predicted octanol–water partition coefficient (Wildman–Crippen LogP) is 3.03. The molecule has 2 aromatic carbocycles. The lowest BCUT2D eigenvalue weighted by Crippen LogP contribution is -2.19. The minimum atomic E-state index is -2.36. The molecule has 0 radical (unpaired) electrons. The van der Waals surface area contributed by atoms with Crippen LogP contribution >= 0.6 is 0 Å². The SMILES string of the molecule is O=C(Nc1ccc(NS(=O)[O-])cc1)Nc1ccc2c(c1)CCC2. The van der Waals surface area contributed by atoms with Crippen molar-refractivity contribution < 1.29 is 13.6 Å².